The smallest absolute Gasteiger partial charge is 0.0325 e. The number of hydrogen-bond donors (Lipinski definition) is 1. The average molecular weight is 217 g/mol. The molecule has 0 aromatic heterocycles. The van der Waals surface area contributed by atoms with Crippen LogP contribution in [0, 0.1) is 26.7 Å². The number of rotatable bonds is 4. The van der Waals surface area contributed by atoms with Gasteiger partial charge < -0.3 is 5.32 Å². The molecule has 1 nitrogen and oxygen atoms in total. The van der Waals surface area contributed by atoms with E-state index >= 15 is 0 Å². The topological polar surface area (TPSA) is 12.0 Å². The highest BCUT2D eigenvalue weighted by Crippen LogP contribution is 2.39. The van der Waals surface area contributed by atoms with Crippen molar-refractivity contribution in [2.45, 2.75) is 46.1 Å². The molecule has 88 valence electrons. The fourth-order valence-electron chi connectivity index (χ4n) is 2.81. The molecule has 0 radical (unpaired) electrons. The SMILES string of the molecule is CNC(CC1CC1)c1c(C)cc(C)cc1C. The van der Waals surface area contributed by atoms with E-state index in [-0.39, 0.29) is 0 Å². The molecule has 0 bridgehead atoms. The van der Waals surface area contributed by atoms with Gasteiger partial charge in [-0.3, -0.25) is 0 Å². The summed E-state index contributed by atoms with van der Waals surface area (Å²) in [6, 6.07) is 5.16. The van der Waals surface area contributed by atoms with Crippen molar-refractivity contribution < 1.29 is 0 Å². The highest BCUT2D eigenvalue weighted by atomic mass is 14.9. The monoisotopic (exact) mass is 217 g/mol. The van der Waals surface area contributed by atoms with Crippen LogP contribution in [-0.4, -0.2) is 7.05 Å². The number of nitrogens with one attached hydrogen (secondary N) is 1. The van der Waals surface area contributed by atoms with Crippen LogP contribution in [0.5, 0.6) is 0 Å². The van der Waals surface area contributed by atoms with Crippen LogP contribution in [0.4, 0.5) is 0 Å². The molecule has 16 heavy (non-hydrogen) atoms. The molecule has 1 aliphatic rings. The highest BCUT2D eigenvalue weighted by molar-refractivity contribution is 5.39. The molecule has 1 heteroatoms. The Kier molecular flexibility index (Phi) is 3.34. The number of hydrogen-bond acceptors (Lipinski definition) is 1. The molecule has 1 N–H and O–H groups in total. The van der Waals surface area contributed by atoms with Crippen molar-refractivity contribution in [3.8, 4) is 0 Å². The molecule has 0 heterocycles. The Morgan fingerprint density at radius 1 is 1.19 bits per heavy atom. The maximum absolute atomic E-state index is 3.49. The van der Waals surface area contributed by atoms with Crippen LogP contribution in [0.2, 0.25) is 0 Å². The first-order chi connectivity index (χ1) is 7.61. The van der Waals surface area contributed by atoms with Crippen LogP contribution in [-0.2, 0) is 0 Å². The Morgan fingerprint density at radius 2 is 1.75 bits per heavy atom. The number of benzene rings is 1. The van der Waals surface area contributed by atoms with Gasteiger partial charge in [0.1, 0.15) is 0 Å². The van der Waals surface area contributed by atoms with E-state index in [1.165, 1.54) is 41.5 Å². The Morgan fingerprint density at radius 3 is 2.19 bits per heavy atom. The summed E-state index contributed by atoms with van der Waals surface area (Å²) in [7, 11) is 2.09. The minimum Gasteiger partial charge on any atom is -0.313 e. The van der Waals surface area contributed by atoms with Crippen LogP contribution in [0.1, 0.15) is 47.6 Å². The first-order valence-electron chi connectivity index (χ1n) is 6.37. The quantitative estimate of drug-likeness (QED) is 0.811. The van der Waals surface area contributed by atoms with Gasteiger partial charge >= 0.3 is 0 Å². The van der Waals surface area contributed by atoms with Crippen molar-refractivity contribution in [1.82, 2.24) is 5.32 Å². The second kappa shape index (κ2) is 4.58. The maximum atomic E-state index is 3.49. The summed E-state index contributed by atoms with van der Waals surface area (Å²) in [5.74, 6) is 0.970. The predicted molar refractivity (Wildman–Crippen MR) is 69.8 cm³/mol. The highest BCUT2D eigenvalue weighted by Gasteiger charge is 2.26. The van der Waals surface area contributed by atoms with E-state index in [4.69, 9.17) is 0 Å². The summed E-state index contributed by atoms with van der Waals surface area (Å²) in [6.07, 6.45) is 4.17. The lowest BCUT2D eigenvalue weighted by atomic mass is 9.91. The molecule has 0 aliphatic heterocycles. The predicted octanol–water partition coefficient (Wildman–Crippen LogP) is 3.67. The van der Waals surface area contributed by atoms with Gasteiger partial charge in [-0.1, -0.05) is 30.5 Å². The molecule has 0 spiro atoms. The largest absolute Gasteiger partial charge is 0.313 e. The van der Waals surface area contributed by atoms with Gasteiger partial charge in [0.15, 0.2) is 0 Å². The van der Waals surface area contributed by atoms with Gasteiger partial charge in [0.25, 0.3) is 0 Å². The van der Waals surface area contributed by atoms with E-state index in [0.717, 1.165) is 5.92 Å². The summed E-state index contributed by atoms with van der Waals surface area (Å²) in [5.41, 5.74) is 5.79. The molecule has 1 saturated carbocycles. The standard InChI is InChI=1S/C15H23N/c1-10-7-11(2)15(12(3)8-10)14(16-4)9-13-5-6-13/h7-8,13-14,16H,5-6,9H2,1-4H3. The van der Waals surface area contributed by atoms with Crippen LogP contribution in [0.15, 0.2) is 12.1 Å². The molecule has 0 saturated heterocycles. The lowest BCUT2D eigenvalue weighted by Crippen LogP contribution is -2.19. The fraction of sp³-hybridized carbons (Fsp3) is 0.600. The van der Waals surface area contributed by atoms with Gasteiger partial charge in [0.05, 0.1) is 0 Å². The Hall–Kier alpha value is -0.820. The first kappa shape index (κ1) is 11.7. The van der Waals surface area contributed by atoms with E-state index in [2.05, 4.69) is 45.3 Å². The Bertz CT molecular complexity index is 354. The third-order valence-corrected chi connectivity index (χ3v) is 3.70. The van der Waals surface area contributed by atoms with Crippen molar-refractivity contribution in [2.24, 2.45) is 5.92 Å². The molecule has 1 aromatic rings. The van der Waals surface area contributed by atoms with E-state index < -0.39 is 0 Å². The Labute approximate surface area is 99.3 Å². The molecule has 1 aliphatic carbocycles. The van der Waals surface area contributed by atoms with Crippen molar-refractivity contribution in [2.75, 3.05) is 7.05 Å². The molecule has 0 amide bonds. The van der Waals surface area contributed by atoms with E-state index in [9.17, 15) is 0 Å². The van der Waals surface area contributed by atoms with Crippen molar-refractivity contribution in [3.05, 3.63) is 34.4 Å². The van der Waals surface area contributed by atoms with Crippen molar-refractivity contribution in [1.29, 1.82) is 0 Å². The maximum Gasteiger partial charge on any atom is 0.0325 e. The second-order valence-corrected chi connectivity index (χ2v) is 5.33. The zero-order valence-electron chi connectivity index (χ0n) is 10.9. The molecule has 1 atom stereocenters. The first-order valence-corrected chi connectivity index (χ1v) is 6.37. The third-order valence-electron chi connectivity index (χ3n) is 3.70. The van der Waals surface area contributed by atoms with Gasteiger partial charge in [-0.25, -0.2) is 0 Å². The van der Waals surface area contributed by atoms with E-state index in [1.54, 1.807) is 0 Å². The van der Waals surface area contributed by atoms with Crippen LogP contribution >= 0.6 is 0 Å². The average Bonchev–Trinajstić information content (AvgIpc) is 2.98. The van der Waals surface area contributed by atoms with E-state index in [1.807, 2.05) is 0 Å². The van der Waals surface area contributed by atoms with E-state index in [0.29, 0.717) is 6.04 Å². The molecule has 2 rings (SSSR count). The normalized spacial score (nSPS) is 17.5. The fourth-order valence-corrected chi connectivity index (χ4v) is 2.81. The van der Waals surface area contributed by atoms with Gasteiger partial charge in [-0.05, 0) is 56.8 Å². The molecule has 1 fully saturated rings. The van der Waals surface area contributed by atoms with Crippen LogP contribution in [0.25, 0.3) is 0 Å². The molecular formula is C15H23N. The summed E-state index contributed by atoms with van der Waals surface area (Å²) in [5, 5.41) is 3.49. The van der Waals surface area contributed by atoms with Gasteiger partial charge in [-0.2, -0.15) is 0 Å². The lowest BCUT2D eigenvalue weighted by Gasteiger charge is -2.21. The minimum atomic E-state index is 0.549. The minimum absolute atomic E-state index is 0.549. The van der Waals surface area contributed by atoms with Gasteiger partial charge in [0, 0.05) is 6.04 Å². The summed E-state index contributed by atoms with van der Waals surface area (Å²) < 4.78 is 0. The van der Waals surface area contributed by atoms with Crippen LogP contribution in [0.3, 0.4) is 0 Å². The summed E-state index contributed by atoms with van der Waals surface area (Å²) >= 11 is 0. The van der Waals surface area contributed by atoms with Crippen LogP contribution < -0.4 is 5.32 Å². The zero-order valence-corrected chi connectivity index (χ0v) is 10.9. The molecule has 1 unspecified atom stereocenters. The van der Waals surface area contributed by atoms with Gasteiger partial charge in [0.2, 0.25) is 0 Å². The third kappa shape index (κ3) is 2.46. The van der Waals surface area contributed by atoms with Crippen molar-refractivity contribution in [3.63, 3.8) is 0 Å². The zero-order chi connectivity index (χ0) is 11.7. The molecule has 1 aromatic carbocycles. The lowest BCUT2D eigenvalue weighted by molar-refractivity contribution is 0.510. The second-order valence-electron chi connectivity index (χ2n) is 5.33. The number of aryl methyl sites for hydroxylation is 3. The Balaban J connectivity index is 2.28. The molecular weight excluding hydrogens is 194 g/mol. The van der Waals surface area contributed by atoms with Gasteiger partial charge in [-0.15, -0.1) is 0 Å². The summed E-state index contributed by atoms with van der Waals surface area (Å²) in [6.45, 7) is 6.66. The van der Waals surface area contributed by atoms with Crippen molar-refractivity contribution >= 4 is 0 Å². The summed E-state index contributed by atoms with van der Waals surface area (Å²) in [4.78, 5) is 0.